The molecule has 0 aliphatic heterocycles. The van der Waals surface area contributed by atoms with Crippen LogP contribution in [0.1, 0.15) is 12.8 Å². The molecule has 0 aromatic carbocycles. The number of aliphatic carboxylic acids is 2. The largest absolute Gasteiger partial charge is 0.481 e. The number of carboxylic acids is 2. The molecule has 0 heterocycles. The number of carboxylic acid groups (broad SMARTS) is 2. The lowest BCUT2D eigenvalue weighted by molar-refractivity contribution is -0.137. The van der Waals surface area contributed by atoms with Gasteiger partial charge in [0.2, 0.25) is 0 Å². The highest BCUT2D eigenvalue weighted by molar-refractivity contribution is 5.79. The second-order valence-corrected chi connectivity index (χ2v) is 1.67. The maximum absolute atomic E-state index is 9.86. The van der Waals surface area contributed by atoms with E-state index in [1.54, 1.807) is 0 Å². The predicted molar refractivity (Wildman–Crippen MR) is 33.6 cm³/mol. The SMILES string of the molecule is O=C(O)/C=C/CCC(=O)O. The van der Waals surface area contributed by atoms with Crippen LogP contribution in [-0.2, 0) is 9.59 Å². The highest BCUT2D eigenvalue weighted by Crippen LogP contribution is 1.89. The Bertz CT molecular complexity index is 159. The second kappa shape index (κ2) is 4.55. The van der Waals surface area contributed by atoms with E-state index in [4.69, 9.17) is 10.2 Å². The number of hydrogen-bond acceptors (Lipinski definition) is 2. The molecule has 0 bridgehead atoms. The molecule has 0 aliphatic rings. The lowest BCUT2D eigenvalue weighted by atomic mass is 10.3. The molecule has 0 amide bonds. The first kappa shape index (κ1) is 8.68. The maximum Gasteiger partial charge on any atom is 0.327 e. The molecule has 0 saturated carbocycles. The predicted octanol–water partition coefficient (Wildman–Crippen LogP) is 0.492. The molecular weight excluding hydrogens is 136 g/mol. The van der Waals surface area contributed by atoms with Crippen molar-refractivity contribution in [3.8, 4) is 0 Å². The molecule has 0 rings (SSSR count). The van der Waals surface area contributed by atoms with E-state index in [-0.39, 0.29) is 12.8 Å². The van der Waals surface area contributed by atoms with Crippen LogP contribution < -0.4 is 0 Å². The van der Waals surface area contributed by atoms with Crippen molar-refractivity contribution in [1.29, 1.82) is 0 Å². The Balaban J connectivity index is 3.36. The molecule has 0 fully saturated rings. The smallest absolute Gasteiger partial charge is 0.327 e. The molecule has 2 N–H and O–H groups in total. The van der Waals surface area contributed by atoms with Crippen LogP contribution in [0.3, 0.4) is 0 Å². The summed E-state index contributed by atoms with van der Waals surface area (Å²) in [5.41, 5.74) is 0. The van der Waals surface area contributed by atoms with Gasteiger partial charge in [-0.05, 0) is 6.42 Å². The molecule has 0 unspecified atom stereocenters. The van der Waals surface area contributed by atoms with E-state index < -0.39 is 11.9 Å². The first-order chi connectivity index (χ1) is 4.63. The van der Waals surface area contributed by atoms with Crippen molar-refractivity contribution in [2.75, 3.05) is 0 Å². The molecule has 56 valence electrons. The monoisotopic (exact) mass is 144 g/mol. The van der Waals surface area contributed by atoms with E-state index >= 15 is 0 Å². The van der Waals surface area contributed by atoms with E-state index in [1.165, 1.54) is 6.08 Å². The van der Waals surface area contributed by atoms with Crippen molar-refractivity contribution < 1.29 is 19.8 Å². The van der Waals surface area contributed by atoms with E-state index in [2.05, 4.69) is 0 Å². The van der Waals surface area contributed by atoms with Gasteiger partial charge in [-0.3, -0.25) is 4.79 Å². The molecule has 0 atom stereocenters. The molecule has 0 aromatic rings. The van der Waals surface area contributed by atoms with Gasteiger partial charge in [-0.15, -0.1) is 0 Å². The third-order valence-electron chi connectivity index (χ3n) is 0.785. The van der Waals surface area contributed by atoms with Crippen LogP contribution in [0.2, 0.25) is 0 Å². The Morgan fingerprint density at radius 3 is 2.30 bits per heavy atom. The quantitative estimate of drug-likeness (QED) is 0.563. The second-order valence-electron chi connectivity index (χ2n) is 1.67. The van der Waals surface area contributed by atoms with Crippen molar-refractivity contribution in [2.45, 2.75) is 12.8 Å². The summed E-state index contributed by atoms with van der Waals surface area (Å²) in [6.45, 7) is 0. The van der Waals surface area contributed by atoms with E-state index in [9.17, 15) is 9.59 Å². The normalized spacial score (nSPS) is 10.0. The molecule has 4 heteroatoms. The average Bonchev–Trinajstić information content (AvgIpc) is 1.79. The molecule has 0 saturated heterocycles. The van der Waals surface area contributed by atoms with E-state index in [1.807, 2.05) is 0 Å². The van der Waals surface area contributed by atoms with Gasteiger partial charge in [0, 0.05) is 12.5 Å². The Hall–Kier alpha value is -1.32. The van der Waals surface area contributed by atoms with Gasteiger partial charge in [-0.2, -0.15) is 0 Å². The van der Waals surface area contributed by atoms with Gasteiger partial charge in [-0.25, -0.2) is 4.79 Å². The van der Waals surface area contributed by atoms with Crippen LogP contribution in [0.15, 0.2) is 12.2 Å². The van der Waals surface area contributed by atoms with Gasteiger partial charge in [0.1, 0.15) is 0 Å². The van der Waals surface area contributed by atoms with Gasteiger partial charge in [-0.1, -0.05) is 6.08 Å². The van der Waals surface area contributed by atoms with Crippen molar-refractivity contribution in [1.82, 2.24) is 0 Å². The molecule has 0 spiro atoms. The fourth-order valence-corrected chi connectivity index (χ4v) is 0.391. The summed E-state index contributed by atoms with van der Waals surface area (Å²) in [5, 5.41) is 16.1. The minimum atomic E-state index is -1.05. The van der Waals surface area contributed by atoms with E-state index in [0.717, 1.165) is 6.08 Å². The van der Waals surface area contributed by atoms with Crippen molar-refractivity contribution in [3.63, 3.8) is 0 Å². The molecule has 4 nitrogen and oxygen atoms in total. The van der Waals surface area contributed by atoms with Crippen LogP contribution in [0.4, 0.5) is 0 Å². The first-order valence-corrected chi connectivity index (χ1v) is 2.74. The Labute approximate surface area is 57.8 Å². The summed E-state index contributed by atoms with van der Waals surface area (Å²) in [6.07, 6.45) is 2.49. The minimum absolute atomic E-state index is 0.0240. The lowest BCUT2D eigenvalue weighted by Gasteiger charge is -1.84. The topological polar surface area (TPSA) is 74.6 Å². The summed E-state index contributed by atoms with van der Waals surface area (Å²) in [4.78, 5) is 19.7. The van der Waals surface area contributed by atoms with Crippen LogP contribution >= 0.6 is 0 Å². The van der Waals surface area contributed by atoms with Crippen molar-refractivity contribution >= 4 is 11.9 Å². The van der Waals surface area contributed by atoms with Gasteiger partial charge < -0.3 is 10.2 Å². The van der Waals surface area contributed by atoms with E-state index in [0.29, 0.717) is 0 Å². The number of carbonyl (C=O) groups is 2. The Kier molecular flexibility index (Phi) is 3.95. The number of allylic oxidation sites excluding steroid dienone is 1. The zero-order valence-electron chi connectivity index (χ0n) is 5.28. The van der Waals surface area contributed by atoms with Gasteiger partial charge in [0.05, 0.1) is 0 Å². The standard InChI is InChI=1S/C6H8O4/c7-5(8)3-1-2-4-6(9)10/h1,3H,2,4H2,(H,7,8)(H,9,10)/b3-1+. The van der Waals surface area contributed by atoms with Gasteiger partial charge in [0.25, 0.3) is 0 Å². The van der Waals surface area contributed by atoms with Crippen LogP contribution in [0, 0.1) is 0 Å². The van der Waals surface area contributed by atoms with Crippen molar-refractivity contribution in [2.24, 2.45) is 0 Å². The third kappa shape index (κ3) is 6.68. The molecule has 0 aromatic heterocycles. The van der Waals surface area contributed by atoms with Crippen LogP contribution in [-0.4, -0.2) is 22.2 Å². The summed E-state index contributed by atoms with van der Waals surface area (Å²) < 4.78 is 0. The third-order valence-corrected chi connectivity index (χ3v) is 0.785. The summed E-state index contributed by atoms with van der Waals surface area (Å²) >= 11 is 0. The highest BCUT2D eigenvalue weighted by Gasteiger charge is 1.92. The maximum atomic E-state index is 9.86. The fourth-order valence-electron chi connectivity index (χ4n) is 0.391. The molecule has 0 radical (unpaired) electrons. The summed E-state index contributed by atoms with van der Waals surface area (Å²) in [6, 6.07) is 0. The fraction of sp³-hybridized carbons (Fsp3) is 0.333. The molecule has 10 heavy (non-hydrogen) atoms. The van der Waals surface area contributed by atoms with Crippen LogP contribution in [0.25, 0.3) is 0 Å². The summed E-state index contributed by atoms with van der Waals surface area (Å²) in [7, 11) is 0. The number of hydrogen-bond donors (Lipinski definition) is 2. The Morgan fingerprint density at radius 1 is 1.30 bits per heavy atom. The van der Waals surface area contributed by atoms with Gasteiger partial charge >= 0.3 is 11.9 Å². The Morgan fingerprint density at radius 2 is 1.90 bits per heavy atom. The van der Waals surface area contributed by atoms with Gasteiger partial charge in [0.15, 0.2) is 0 Å². The van der Waals surface area contributed by atoms with Crippen LogP contribution in [0.5, 0.6) is 0 Å². The molecular formula is C6H8O4. The van der Waals surface area contributed by atoms with Crippen molar-refractivity contribution in [3.05, 3.63) is 12.2 Å². The lowest BCUT2D eigenvalue weighted by Crippen LogP contribution is -1.92. The highest BCUT2D eigenvalue weighted by atomic mass is 16.4. The average molecular weight is 144 g/mol. The first-order valence-electron chi connectivity index (χ1n) is 2.74. The summed E-state index contributed by atoms with van der Waals surface area (Å²) in [5.74, 6) is -1.97. The minimum Gasteiger partial charge on any atom is -0.481 e. The molecule has 0 aliphatic carbocycles. The number of rotatable bonds is 4. The zero-order valence-corrected chi connectivity index (χ0v) is 5.28. The zero-order chi connectivity index (χ0) is 7.98.